The Kier molecular flexibility index (Phi) is 4.67. The Balaban J connectivity index is 4.64. The predicted molar refractivity (Wildman–Crippen MR) is 45.2 cm³/mol. The second kappa shape index (κ2) is 5.29. The Morgan fingerprint density at radius 3 is 1.92 bits per heavy atom. The Morgan fingerprint density at radius 2 is 1.58 bits per heavy atom. The molecule has 5 nitrogen and oxygen atoms in total. The zero-order valence-electron chi connectivity index (χ0n) is 7.62. The number of carbonyl (C=O) groups is 1. The number of rotatable bonds is 4. The van der Waals surface area contributed by atoms with Crippen molar-refractivity contribution in [3.8, 4) is 0 Å². The number of Topliss-reactive ketones (excluding diaryl/α,β-unsaturated/α-hetero) is 1. The summed E-state index contributed by atoms with van der Waals surface area (Å²) < 4.78 is 0. The van der Waals surface area contributed by atoms with Gasteiger partial charge >= 0.3 is 0 Å². The summed E-state index contributed by atoms with van der Waals surface area (Å²) in [6.07, 6.45) is 0. The smallest absolute Gasteiger partial charge is 0.183 e. The Hall–Kier alpha value is -1.39. The lowest BCUT2D eigenvalue weighted by Gasteiger charge is -1.98. The van der Waals surface area contributed by atoms with Gasteiger partial charge in [-0.25, -0.2) is 0 Å². The van der Waals surface area contributed by atoms with E-state index in [1.54, 1.807) is 6.92 Å². The van der Waals surface area contributed by atoms with E-state index in [-0.39, 0.29) is 11.5 Å². The highest BCUT2D eigenvalue weighted by Crippen LogP contribution is 1.89. The van der Waals surface area contributed by atoms with Gasteiger partial charge in [-0.05, 0) is 6.92 Å². The van der Waals surface area contributed by atoms with Crippen molar-refractivity contribution in [1.29, 1.82) is 0 Å². The van der Waals surface area contributed by atoms with Crippen molar-refractivity contribution < 1.29 is 14.5 Å². The minimum atomic E-state index is -0.213. The summed E-state index contributed by atoms with van der Waals surface area (Å²) in [7, 11) is 2.76. The molecule has 0 saturated heterocycles. The second-order valence-corrected chi connectivity index (χ2v) is 2.04. The first-order valence-electron chi connectivity index (χ1n) is 3.33. The lowest BCUT2D eigenvalue weighted by atomic mass is 10.2. The van der Waals surface area contributed by atoms with E-state index in [9.17, 15) is 4.79 Å². The number of nitrogens with zero attached hydrogens (tertiary/aromatic N) is 2. The van der Waals surface area contributed by atoms with Gasteiger partial charge in [-0.1, -0.05) is 10.3 Å². The van der Waals surface area contributed by atoms with E-state index in [1.807, 2.05) is 0 Å². The lowest BCUT2D eigenvalue weighted by molar-refractivity contribution is -0.111. The van der Waals surface area contributed by atoms with Crippen molar-refractivity contribution in [3.63, 3.8) is 0 Å². The van der Waals surface area contributed by atoms with Crippen LogP contribution >= 0.6 is 0 Å². The molecule has 0 rings (SSSR count). The van der Waals surface area contributed by atoms with Gasteiger partial charge in [0, 0.05) is 6.92 Å². The molecule has 0 aromatic rings. The third-order valence-corrected chi connectivity index (χ3v) is 1.09. The van der Waals surface area contributed by atoms with Crippen LogP contribution in [0.25, 0.3) is 0 Å². The molecule has 0 fully saturated rings. The minimum absolute atomic E-state index is 0.166. The van der Waals surface area contributed by atoms with Crippen LogP contribution in [0.4, 0.5) is 0 Å². The highest BCUT2D eigenvalue weighted by Gasteiger charge is 2.10. The van der Waals surface area contributed by atoms with Crippen molar-refractivity contribution in [3.05, 3.63) is 0 Å². The van der Waals surface area contributed by atoms with E-state index in [1.165, 1.54) is 21.1 Å². The maximum atomic E-state index is 10.9. The van der Waals surface area contributed by atoms with Gasteiger partial charge in [-0.15, -0.1) is 0 Å². The molecule has 5 heteroatoms. The zero-order chi connectivity index (χ0) is 9.56. The van der Waals surface area contributed by atoms with E-state index < -0.39 is 0 Å². The molecular formula is C7H12N2O3. The number of hydrogen-bond acceptors (Lipinski definition) is 5. The average Bonchev–Trinajstić information content (AvgIpc) is 1.99. The first-order valence-corrected chi connectivity index (χ1v) is 3.33. The maximum absolute atomic E-state index is 10.9. The fourth-order valence-electron chi connectivity index (χ4n) is 0.657. The molecule has 0 aromatic carbocycles. The third kappa shape index (κ3) is 3.14. The molecule has 0 heterocycles. The van der Waals surface area contributed by atoms with Crippen molar-refractivity contribution in [1.82, 2.24) is 0 Å². The lowest BCUT2D eigenvalue weighted by Crippen LogP contribution is -2.19. The molecule has 12 heavy (non-hydrogen) atoms. The summed E-state index contributed by atoms with van der Waals surface area (Å²) in [4.78, 5) is 19.8. The van der Waals surface area contributed by atoms with Crippen LogP contribution in [0.5, 0.6) is 0 Å². The summed E-state index contributed by atoms with van der Waals surface area (Å²) >= 11 is 0. The molecule has 0 unspecified atom stereocenters. The van der Waals surface area contributed by atoms with E-state index in [0.717, 1.165) is 0 Å². The van der Waals surface area contributed by atoms with Gasteiger partial charge in [0.25, 0.3) is 0 Å². The molecule has 0 aliphatic carbocycles. The Labute approximate surface area is 71.0 Å². The van der Waals surface area contributed by atoms with Gasteiger partial charge in [0.2, 0.25) is 0 Å². The maximum Gasteiger partial charge on any atom is 0.183 e. The number of oxime groups is 2. The highest BCUT2D eigenvalue weighted by atomic mass is 16.6. The molecule has 0 bridgehead atoms. The summed E-state index contributed by atoms with van der Waals surface area (Å²) in [6.45, 7) is 3.00. The molecule has 0 saturated carbocycles. The molecule has 0 aromatic heterocycles. The molecule has 68 valence electrons. The summed E-state index contributed by atoms with van der Waals surface area (Å²) in [5.74, 6) is -0.213. The monoisotopic (exact) mass is 172 g/mol. The first kappa shape index (κ1) is 10.6. The molecule has 0 N–H and O–H groups in total. The van der Waals surface area contributed by atoms with Gasteiger partial charge in [0.05, 0.1) is 0 Å². The quantitative estimate of drug-likeness (QED) is 0.461. The van der Waals surface area contributed by atoms with E-state index in [0.29, 0.717) is 5.71 Å². The fraction of sp³-hybridized carbons (Fsp3) is 0.571. The van der Waals surface area contributed by atoms with Crippen LogP contribution in [-0.2, 0) is 14.5 Å². The van der Waals surface area contributed by atoms with Gasteiger partial charge in [-0.3, -0.25) is 4.79 Å². The number of carbonyl (C=O) groups excluding carboxylic acids is 1. The van der Waals surface area contributed by atoms with Crippen LogP contribution in [0.1, 0.15) is 13.8 Å². The van der Waals surface area contributed by atoms with Gasteiger partial charge < -0.3 is 9.68 Å². The molecular weight excluding hydrogens is 160 g/mol. The van der Waals surface area contributed by atoms with E-state index >= 15 is 0 Å². The normalized spacial score (nSPS) is 12.7. The second-order valence-electron chi connectivity index (χ2n) is 2.04. The zero-order valence-corrected chi connectivity index (χ0v) is 7.62. The average molecular weight is 172 g/mol. The van der Waals surface area contributed by atoms with E-state index in [4.69, 9.17) is 0 Å². The van der Waals surface area contributed by atoms with Crippen molar-refractivity contribution >= 4 is 17.2 Å². The highest BCUT2D eigenvalue weighted by molar-refractivity contribution is 6.66. The molecule has 0 atom stereocenters. The van der Waals surface area contributed by atoms with Crippen molar-refractivity contribution in [2.24, 2.45) is 10.3 Å². The van der Waals surface area contributed by atoms with Crippen LogP contribution in [0.2, 0.25) is 0 Å². The molecule has 0 radical (unpaired) electrons. The topological polar surface area (TPSA) is 60.2 Å². The number of ketones is 1. The summed E-state index contributed by atoms with van der Waals surface area (Å²) in [5, 5.41) is 7.05. The minimum Gasteiger partial charge on any atom is -0.399 e. The third-order valence-electron chi connectivity index (χ3n) is 1.09. The Bertz CT molecular complexity index is 221. The van der Waals surface area contributed by atoms with Crippen molar-refractivity contribution in [2.45, 2.75) is 13.8 Å². The van der Waals surface area contributed by atoms with Crippen LogP contribution in [0, 0.1) is 0 Å². The Morgan fingerprint density at radius 1 is 1.08 bits per heavy atom. The largest absolute Gasteiger partial charge is 0.399 e. The van der Waals surface area contributed by atoms with Gasteiger partial charge in [0.15, 0.2) is 11.5 Å². The van der Waals surface area contributed by atoms with Crippen LogP contribution in [0.15, 0.2) is 10.3 Å². The van der Waals surface area contributed by atoms with E-state index in [2.05, 4.69) is 20.0 Å². The fourth-order valence-corrected chi connectivity index (χ4v) is 0.657. The van der Waals surface area contributed by atoms with Gasteiger partial charge in [0.1, 0.15) is 19.9 Å². The first-order chi connectivity index (χ1) is 5.63. The van der Waals surface area contributed by atoms with Crippen molar-refractivity contribution in [2.75, 3.05) is 14.2 Å². The number of hydrogen-bond donors (Lipinski definition) is 0. The van der Waals surface area contributed by atoms with Crippen LogP contribution < -0.4 is 0 Å². The van der Waals surface area contributed by atoms with Crippen LogP contribution in [0.3, 0.4) is 0 Å². The molecule has 0 amide bonds. The SMILES string of the molecule is CO/N=C(C(C)=O)/C(C)=N/OC. The van der Waals surface area contributed by atoms with Gasteiger partial charge in [-0.2, -0.15) is 0 Å². The molecule has 0 aliphatic heterocycles. The standard InChI is InChI=1S/C7H12N2O3/c1-5(8-11-3)7(6(2)10)9-12-4/h1-4H3/b8-5+,9-7-. The molecule has 0 spiro atoms. The molecule has 0 aliphatic rings. The summed E-state index contributed by atoms with van der Waals surface area (Å²) in [6, 6.07) is 0. The van der Waals surface area contributed by atoms with Crippen LogP contribution in [-0.4, -0.2) is 31.4 Å². The summed E-state index contributed by atoms with van der Waals surface area (Å²) in [5.41, 5.74) is 0.561. The predicted octanol–water partition coefficient (Wildman–Crippen LogP) is 0.600.